The van der Waals surface area contributed by atoms with E-state index in [-0.39, 0.29) is 41.8 Å². The van der Waals surface area contributed by atoms with Crippen LogP contribution >= 0.6 is 0 Å². The summed E-state index contributed by atoms with van der Waals surface area (Å²) < 4.78 is 5.62. The first kappa shape index (κ1) is 23.5. The molecule has 1 saturated heterocycles. The number of rotatable bonds is 8. The highest BCUT2D eigenvalue weighted by Gasteiger charge is 2.23. The number of nitrogens with zero attached hydrogens (tertiary/aromatic N) is 2. The minimum absolute atomic E-state index is 0.0458. The van der Waals surface area contributed by atoms with Crippen LogP contribution in [0.25, 0.3) is 0 Å². The van der Waals surface area contributed by atoms with Gasteiger partial charge in [-0.1, -0.05) is 24.0 Å². The fourth-order valence-electron chi connectivity index (χ4n) is 3.03. The van der Waals surface area contributed by atoms with Crippen LogP contribution in [0.4, 0.5) is 16.2 Å². The number of nitrogens with one attached hydrogen (secondary N) is 1. The molecule has 0 unspecified atom stereocenters. The van der Waals surface area contributed by atoms with Gasteiger partial charge in [-0.2, -0.15) is 0 Å². The lowest BCUT2D eigenvalue weighted by atomic mass is 9.98. The molecule has 0 aliphatic carbocycles. The first-order valence-electron chi connectivity index (χ1n) is 9.63. The van der Waals surface area contributed by atoms with E-state index in [0.717, 1.165) is 6.07 Å². The summed E-state index contributed by atoms with van der Waals surface area (Å²) in [5, 5.41) is 23.4. The number of piperidine rings is 1. The summed E-state index contributed by atoms with van der Waals surface area (Å²) in [6.45, 7) is 1.37. The van der Waals surface area contributed by atoms with E-state index in [4.69, 9.17) is 21.3 Å². The number of carbonyl (C=O) groups is 2. The van der Waals surface area contributed by atoms with Crippen LogP contribution in [0.2, 0.25) is 0 Å². The summed E-state index contributed by atoms with van der Waals surface area (Å²) in [6.07, 6.45) is 3.72. The van der Waals surface area contributed by atoms with Gasteiger partial charge in [0.2, 0.25) is 5.91 Å². The van der Waals surface area contributed by atoms with Crippen molar-refractivity contribution < 1.29 is 24.4 Å². The van der Waals surface area contributed by atoms with Crippen molar-refractivity contribution in [3.8, 4) is 17.6 Å². The third-order valence-corrected chi connectivity index (χ3v) is 4.63. The van der Waals surface area contributed by atoms with Crippen molar-refractivity contribution in [3.05, 3.63) is 40.0 Å². The van der Waals surface area contributed by atoms with Crippen molar-refractivity contribution in [1.82, 2.24) is 4.90 Å². The van der Waals surface area contributed by atoms with Gasteiger partial charge in [0, 0.05) is 43.7 Å². The van der Waals surface area contributed by atoms with Crippen molar-refractivity contribution >= 4 is 23.4 Å². The molecule has 1 aromatic rings. The quantitative estimate of drug-likeness (QED) is 0.207. The summed E-state index contributed by atoms with van der Waals surface area (Å²) in [6, 6.07) is 2.42. The molecule has 6 N–H and O–H groups in total. The van der Waals surface area contributed by atoms with Crippen molar-refractivity contribution in [2.75, 3.05) is 38.1 Å². The molecule has 166 valence electrons. The van der Waals surface area contributed by atoms with Crippen LogP contribution in [0.1, 0.15) is 23.2 Å². The second-order valence-electron chi connectivity index (χ2n) is 6.73. The highest BCUT2D eigenvalue weighted by atomic mass is 16.6. The number of primary amides is 1. The average molecular weight is 431 g/mol. The Morgan fingerprint density at radius 2 is 2.06 bits per heavy atom. The molecule has 31 heavy (non-hydrogen) atoms. The van der Waals surface area contributed by atoms with Crippen LogP contribution in [-0.4, -0.2) is 59.7 Å². The maximum atomic E-state index is 11.6. The van der Waals surface area contributed by atoms with Crippen LogP contribution in [0.3, 0.4) is 0 Å². The fourth-order valence-corrected chi connectivity index (χ4v) is 3.03. The van der Waals surface area contributed by atoms with Crippen LogP contribution in [0, 0.1) is 27.9 Å². The highest BCUT2D eigenvalue weighted by Crippen LogP contribution is 2.36. The molecule has 0 atom stereocenters. The van der Waals surface area contributed by atoms with Gasteiger partial charge < -0.3 is 31.5 Å². The Hall–Kier alpha value is -3.78. The Kier molecular flexibility index (Phi) is 8.65. The number of likely N-dealkylation sites (tertiary alicyclic amines) is 1. The zero-order valence-electron chi connectivity index (χ0n) is 16.9. The van der Waals surface area contributed by atoms with Crippen LogP contribution in [-0.2, 0) is 0 Å². The molecule has 0 radical (unpaired) electrons. The number of amides is 2. The van der Waals surface area contributed by atoms with Crippen molar-refractivity contribution in [2.24, 2.45) is 17.4 Å². The zero-order valence-corrected chi connectivity index (χ0v) is 16.9. The average Bonchev–Trinajstić information content (AvgIpc) is 2.74. The molecule has 0 aromatic heterocycles. The summed E-state index contributed by atoms with van der Waals surface area (Å²) in [4.78, 5) is 34.7. The maximum Gasteiger partial charge on any atom is 0.407 e. The summed E-state index contributed by atoms with van der Waals surface area (Å²) >= 11 is 0. The number of nitro groups is 1. The molecule has 0 spiro atoms. The lowest BCUT2D eigenvalue weighted by Crippen LogP contribution is -2.37. The number of carbonyl (C=O) groups excluding carboxylic acids is 1. The van der Waals surface area contributed by atoms with Crippen LogP contribution in [0.5, 0.6) is 5.75 Å². The molecule has 1 aliphatic heterocycles. The number of hydrogen-bond donors (Lipinski definition) is 4. The number of nitro benzene ring substituents is 1. The standard InChI is InChI=1S/C20H25N5O6/c21-7-1-2-8-23-18-16(25(29)30)12-15(19(22)26)13-17(18)31-11-3-4-14-5-9-24(10-6-14)20(27)28/h1-2,12-14,23H,5-11,21H2,(H2,22,26)(H,27,28)/b2-1+. The normalized spacial score (nSPS) is 14.0. The minimum atomic E-state index is -0.938. The van der Waals surface area contributed by atoms with E-state index in [1.165, 1.54) is 11.0 Å². The number of nitrogens with two attached hydrogens (primary N) is 2. The van der Waals surface area contributed by atoms with Gasteiger partial charge in [-0.15, -0.1) is 0 Å². The van der Waals surface area contributed by atoms with Gasteiger partial charge in [-0.05, 0) is 18.9 Å². The first-order chi connectivity index (χ1) is 14.8. The van der Waals surface area contributed by atoms with Crippen molar-refractivity contribution in [3.63, 3.8) is 0 Å². The predicted molar refractivity (Wildman–Crippen MR) is 114 cm³/mol. The molecule has 1 aliphatic rings. The Morgan fingerprint density at radius 3 is 2.65 bits per heavy atom. The van der Waals surface area contributed by atoms with Gasteiger partial charge in [-0.25, -0.2) is 4.79 Å². The largest absolute Gasteiger partial charge is 0.478 e. The van der Waals surface area contributed by atoms with Gasteiger partial charge in [0.25, 0.3) is 5.69 Å². The maximum absolute atomic E-state index is 11.6. The molecule has 2 rings (SSSR count). The van der Waals surface area contributed by atoms with E-state index < -0.39 is 16.9 Å². The molecule has 1 fully saturated rings. The Balaban J connectivity index is 2.14. The van der Waals surface area contributed by atoms with Gasteiger partial charge in [0.15, 0.2) is 11.4 Å². The summed E-state index contributed by atoms with van der Waals surface area (Å²) in [5.41, 5.74) is 10.4. The Bertz CT molecular complexity index is 913. The van der Waals surface area contributed by atoms with Crippen molar-refractivity contribution in [1.29, 1.82) is 0 Å². The Labute approximate surface area is 179 Å². The second kappa shape index (κ2) is 11.4. The SMILES string of the molecule is NC/C=C/CNc1c(OCC#CC2CCN(C(=O)O)CC2)cc(C(N)=O)cc1[N+](=O)[O-]. The van der Waals surface area contributed by atoms with Gasteiger partial charge >= 0.3 is 6.09 Å². The fraction of sp³-hybridized carbons (Fsp3) is 0.400. The lowest BCUT2D eigenvalue weighted by Gasteiger charge is -2.27. The van der Waals surface area contributed by atoms with Crippen LogP contribution < -0.4 is 21.5 Å². The summed E-state index contributed by atoms with van der Waals surface area (Å²) in [7, 11) is 0. The predicted octanol–water partition coefficient (Wildman–Crippen LogP) is 1.39. The molecule has 0 bridgehead atoms. The number of carboxylic acid groups (broad SMARTS) is 1. The van der Waals surface area contributed by atoms with E-state index in [2.05, 4.69) is 17.2 Å². The third-order valence-electron chi connectivity index (χ3n) is 4.63. The molecule has 0 saturated carbocycles. The van der Waals surface area contributed by atoms with E-state index in [1.807, 2.05) is 0 Å². The number of anilines is 1. The number of hydrogen-bond acceptors (Lipinski definition) is 7. The highest BCUT2D eigenvalue weighted by molar-refractivity contribution is 5.95. The molecule has 2 amide bonds. The van der Waals surface area contributed by atoms with Crippen molar-refractivity contribution in [2.45, 2.75) is 12.8 Å². The third kappa shape index (κ3) is 6.90. The van der Waals surface area contributed by atoms with Gasteiger partial charge in [0.05, 0.1) is 4.92 Å². The molecule has 11 nitrogen and oxygen atoms in total. The molecule has 1 aromatic carbocycles. The number of ether oxygens (including phenoxy) is 1. The zero-order chi connectivity index (χ0) is 22.8. The van der Waals surface area contributed by atoms with Gasteiger partial charge in [0.1, 0.15) is 6.61 Å². The van der Waals surface area contributed by atoms with E-state index in [9.17, 15) is 19.7 Å². The first-order valence-corrected chi connectivity index (χ1v) is 9.63. The molecule has 1 heterocycles. The molecular weight excluding hydrogens is 406 g/mol. The van der Waals surface area contributed by atoms with Gasteiger partial charge in [-0.3, -0.25) is 14.9 Å². The van der Waals surface area contributed by atoms with E-state index >= 15 is 0 Å². The minimum Gasteiger partial charge on any atom is -0.478 e. The number of benzene rings is 1. The molecule has 11 heteroatoms. The smallest absolute Gasteiger partial charge is 0.407 e. The van der Waals surface area contributed by atoms with Crippen LogP contribution in [0.15, 0.2) is 24.3 Å². The second-order valence-corrected chi connectivity index (χ2v) is 6.73. The monoisotopic (exact) mass is 431 g/mol. The topological polar surface area (TPSA) is 174 Å². The summed E-state index contributed by atoms with van der Waals surface area (Å²) in [5.74, 6) is 5.21. The van der Waals surface area contributed by atoms with E-state index in [0.29, 0.717) is 32.5 Å². The van der Waals surface area contributed by atoms with E-state index in [1.54, 1.807) is 12.2 Å². The molecular formula is C20H25N5O6. The Morgan fingerprint density at radius 1 is 1.35 bits per heavy atom. The lowest BCUT2D eigenvalue weighted by molar-refractivity contribution is -0.384.